The van der Waals surface area contributed by atoms with Gasteiger partial charge in [-0.2, -0.15) is 0 Å². The normalized spacial score (nSPS) is 10.4. The summed E-state index contributed by atoms with van der Waals surface area (Å²) >= 11 is 11.8. The molecule has 6 aromatic heterocycles. The van der Waals surface area contributed by atoms with E-state index in [9.17, 15) is 8.78 Å². The molecule has 434 valence electrons. The van der Waals surface area contributed by atoms with E-state index in [2.05, 4.69) is 54.8 Å². The second-order valence-electron chi connectivity index (χ2n) is 18.1. The Balaban J connectivity index is 0.000000169. The molecule has 84 heavy (non-hydrogen) atoms. The average molecular weight is 1180 g/mol. The van der Waals surface area contributed by atoms with Crippen molar-refractivity contribution in [1.29, 1.82) is 0 Å². The van der Waals surface area contributed by atoms with Crippen molar-refractivity contribution in [2.75, 3.05) is 42.9 Å². The molecule has 10 aromatic rings. The van der Waals surface area contributed by atoms with E-state index < -0.39 is 5.82 Å². The number of ether oxygens (including phenoxy) is 2. The van der Waals surface area contributed by atoms with Crippen LogP contribution in [0.25, 0.3) is 56.4 Å². The van der Waals surface area contributed by atoms with Crippen molar-refractivity contribution < 1.29 is 18.3 Å². The van der Waals surface area contributed by atoms with Crippen molar-refractivity contribution in [2.45, 2.75) is 73.6 Å². The zero-order valence-electron chi connectivity index (χ0n) is 47.9. The van der Waals surface area contributed by atoms with Crippen LogP contribution in [0.2, 0.25) is 10.0 Å². The summed E-state index contributed by atoms with van der Waals surface area (Å²) in [7, 11) is 3.20. The highest BCUT2D eigenvalue weighted by atomic mass is 35.5. The lowest BCUT2D eigenvalue weighted by Gasteiger charge is -2.09. The number of pyridine rings is 1. The zero-order chi connectivity index (χ0) is 60.9. The lowest BCUT2D eigenvalue weighted by atomic mass is 10.1. The predicted molar refractivity (Wildman–Crippen MR) is 332 cm³/mol. The van der Waals surface area contributed by atoms with Gasteiger partial charge in [0.25, 0.3) is 0 Å². The fourth-order valence-corrected chi connectivity index (χ4v) is 8.37. The number of nitrogens with zero attached hydrogens (tertiary/aromatic N) is 11. The first kappa shape index (κ1) is 63.6. The fraction of sp³-hybridized carbons (Fsp3) is 0.210. The molecule has 0 saturated heterocycles. The maximum Gasteiger partial charge on any atom is 0.220 e. The number of hydrogen-bond donors (Lipinski definition) is 5. The van der Waals surface area contributed by atoms with E-state index in [1.807, 2.05) is 126 Å². The number of methoxy groups -OCH3 is 2. The minimum Gasteiger partial charge on any atom is -0.496 e. The molecule has 0 aliphatic rings. The third-order valence-corrected chi connectivity index (χ3v) is 12.8. The molecular weight excluding hydrogens is 1110 g/mol. The van der Waals surface area contributed by atoms with Crippen molar-refractivity contribution in [3.63, 3.8) is 0 Å². The number of nitrogens with two attached hydrogens (primary N) is 5. The highest BCUT2D eigenvalue weighted by Gasteiger charge is 2.13. The van der Waals surface area contributed by atoms with Crippen LogP contribution in [0.5, 0.6) is 11.5 Å². The van der Waals surface area contributed by atoms with Crippen LogP contribution >= 0.6 is 23.2 Å². The maximum absolute atomic E-state index is 13.3. The zero-order valence-corrected chi connectivity index (χ0v) is 49.4. The first-order valence-corrected chi connectivity index (χ1v) is 27.4. The van der Waals surface area contributed by atoms with Crippen molar-refractivity contribution in [3.8, 4) is 67.9 Å². The number of rotatable bonds is 12. The van der Waals surface area contributed by atoms with E-state index in [1.54, 1.807) is 31.5 Å². The van der Waals surface area contributed by atoms with Crippen molar-refractivity contribution in [3.05, 3.63) is 189 Å². The number of anilines is 5. The molecule has 10 N–H and O–H groups in total. The van der Waals surface area contributed by atoms with Crippen LogP contribution in [-0.4, -0.2) is 69.0 Å². The molecule has 0 atom stereocenters. The molecule has 22 heteroatoms. The molecule has 0 fully saturated rings. The minimum absolute atomic E-state index is 0.0673. The van der Waals surface area contributed by atoms with Gasteiger partial charge in [-0.1, -0.05) is 82.1 Å². The van der Waals surface area contributed by atoms with Crippen LogP contribution in [0.4, 0.5) is 38.5 Å². The Bertz CT molecular complexity index is 3810. The lowest BCUT2D eigenvalue weighted by molar-refractivity contribution is 0.412. The molecule has 0 aliphatic carbocycles. The Hall–Kier alpha value is -9.53. The van der Waals surface area contributed by atoms with E-state index in [1.165, 1.54) is 31.4 Å². The first-order valence-electron chi connectivity index (χ1n) is 26.6. The van der Waals surface area contributed by atoms with Crippen LogP contribution in [0.3, 0.4) is 0 Å². The Labute approximate surface area is 497 Å². The van der Waals surface area contributed by atoms with E-state index in [0.717, 1.165) is 111 Å². The van der Waals surface area contributed by atoms with Gasteiger partial charge in [0.1, 0.15) is 23.1 Å². The molecule has 0 amide bonds. The maximum atomic E-state index is 13.3. The number of aromatic nitrogens is 11. The Morgan fingerprint density at radius 1 is 0.393 bits per heavy atom. The summed E-state index contributed by atoms with van der Waals surface area (Å²) in [6.45, 7) is 12.1. The van der Waals surface area contributed by atoms with Crippen LogP contribution in [-0.2, 0) is 32.1 Å². The van der Waals surface area contributed by atoms with Crippen molar-refractivity contribution in [2.24, 2.45) is 0 Å². The van der Waals surface area contributed by atoms with Crippen LogP contribution < -0.4 is 38.1 Å². The third kappa shape index (κ3) is 18.2. The van der Waals surface area contributed by atoms with Gasteiger partial charge in [-0.3, -0.25) is 4.98 Å². The average Bonchev–Trinajstić information content (AvgIpc) is 3.67. The highest BCUT2D eigenvalue weighted by molar-refractivity contribution is 6.33. The van der Waals surface area contributed by atoms with Gasteiger partial charge < -0.3 is 38.1 Å². The van der Waals surface area contributed by atoms with E-state index in [0.29, 0.717) is 39.6 Å². The molecule has 0 spiro atoms. The summed E-state index contributed by atoms with van der Waals surface area (Å²) in [4.78, 5) is 45.7. The molecular formula is C62H66Cl2F2N16O2. The molecule has 0 saturated carbocycles. The summed E-state index contributed by atoms with van der Waals surface area (Å²) in [6.07, 6.45) is 5.73. The molecule has 18 nitrogen and oxygen atoms in total. The Kier molecular flexibility index (Phi) is 23.5. The third-order valence-electron chi connectivity index (χ3n) is 12.2. The van der Waals surface area contributed by atoms with Crippen LogP contribution in [0, 0.1) is 18.6 Å². The second-order valence-corrected chi connectivity index (χ2v) is 18.9. The Morgan fingerprint density at radius 2 is 0.810 bits per heavy atom. The molecule has 0 bridgehead atoms. The summed E-state index contributed by atoms with van der Waals surface area (Å²) in [5.41, 5.74) is 41.4. The van der Waals surface area contributed by atoms with Crippen molar-refractivity contribution in [1.82, 2.24) is 54.8 Å². The van der Waals surface area contributed by atoms with Gasteiger partial charge in [-0.15, -0.1) is 0 Å². The van der Waals surface area contributed by atoms with Gasteiger partial charge in [0.15, 0.2) is 0 Å². The van der Waals surface area contributed by atoms with Gasteiger partial charge in [0.2, 0.25) is 29.7 Å². The SMILES string of the molecule is CCc1cc(-c2cc(F)ccc2OC)nc(N)n1.CCc1cc(-c2ccc(F)c(Cl)c2)nc(N)n1.CCc1cc(-c2ccc(OC)c(C)c2)nc(N)n1.CCc1cc(-c2ccccc2Cl)nc(N)n1.CCc1cc(-c2ccccn2)nc(N)n1. The molecule has 0 unspecified atom stereocenters. The quantitative estimate of drug-likeness (QED) is 0.0759. The lowest BCUT2D eigenvalue weighted by Crippen LogP contribution is -2.01. The fourth-order valence-electron chi connectivity index (χ4n) is 7.95. The molecule has 4 aromatic carbocycles. The predicted octanol–water partition coefficient (Wildman–Crippen LogP) is 12.7. The smallest absolute Gasteiger partial charge is 0.220 e. The van der Waals surface area contributed by atoms with E-state index in [-0.39, 0.29) is 28.7 Å². The number of benzene rings is 4. The monoisotopic (exact) mass is 1170 g/mol. The van der Waals surface area contributed by atoms with E-state index >= 15 is 0 Å². The van der Waals surface area contributed by atoms with Gasteiger partial charge in [-0.05, 0) is 148 Å². The molecule has 6 heterocycles. The molecule has 10 rings (SSSR count). The second kappa shape index (κ2) is 31.1. The topological polar surface area (TPSA) is 290 Å². The summed E-state index contributed by atoms with van der Waals surface area (Å²) in [5.74, 6) is 1.92. The number of hydrogen-bond acceptors (Lipinski definition) is 18. The molecule has 0 aliphatic heterocycles. The molecule has 0 radical (unpaired) electrons. The van der Waals surface area contributed by atoms with Crippen molar-refractivity contribution >= 4 is 52.9 Å². The summed E-state index contributed by atoms with van der Waals surface area (Å²) < 4.78 is 36.8. The summed E-state index contributed by atoms with van der Waals surface area (Å²) in [5, 5.41) is 0.736. The minimum atomic E-state index is -0.451. The van der Waals surface area contributed by atoms with Crippen LogP contribution in [0.15, 0.2) is 134 Å². The highest BCUT2D eigenvalue weighted by Crippen LogP contribution is 2.31. The first-order chi connectivity index (χ1) is 40.4. The van der Waals surface area contributed by atoms with Gasteiger partial charge in [0.05, 0.1) is 53.4 Å². The number of nitrogen functional groups attached to an aromatic ring is 5. The van der Waals surface area contributed by atoms with E-state index in [4.69, 9.17) is 61.3 Å². The number of aryl methyl sites for hydroxylation is 6. The van der Waals surface area contributed by atoms with Crippen LogP contribution in [0.1, 0.15) is 68.7 Å². The Morgan fingerprint density at radius 3 is 1.26 bits per heavy atom. The standard InChI is InChI=1S/C14H17N3O.C13H14FN3O.C12H11ClFN3.C12H12ClN3.C11H12N4/c1-4-11-8-12(17-14(15)16-11)10-5-6-13(18-3)9(2)7-10;1-3-9-7-11(17-13(15)16-9)10-6-8(14)4-5-12(10)18-2;1-2-8-6-11(17-12(15)16-8)7-3-4-10(14)9(13)5-7;1-2-8-7-11(16-12(14)15-8)9-5-3-4-6-10(9)13;1-2-8-7-10(15-11(12)14-8)9-5-3-4-6-13-9/h5-8H,4H2,1-3H3,(H2,15,16,17);4-7H,3H2,1-2H3,(H2,15,16,17);3-6H,2H2,1H3,(H2,15,16,17);3-7H,2H2,1H3,(H2,14,15,16);3-7H,2H2,1H3,(H2,12,14,15). The van der Waals surface area contributed by atoms with Gasteiger partial charge >= 0.3 is 0 Å². The summed E-state index contributed by atoms with van der Waals surface area (Å²) in [6, 6.07) is 37.3. The largest absolute Gasteiger partial charge is 0.496 e. The number of halogens is 4. The van der Waals surface area contributed by atoms with Gasteiger partial charge in [-0.25, -0.2) is 58.6 Å². The van der Waals surface area contributed by atoms with Gasteiger partial charge in [0, 0.05) is 61.9 Å².